The first kappa shape index (κ1) is 16.2. The quantitative estimate of drug-likeness (QED) is 0.898. The monoisotopic (exact) mass is 295 g/mol. The molecule has 1 aromatic carbocycles. The number of nitrogens with two attached hydrogens (primary N) is 1. The molecule has 0 heterocycles. The van der Waals surface area contributed by atoms with E-state index >= 15 is 0 Å². The van der Waals surface area contributed by atoms with Crippen molar-refractivity contribution in [1.82, 2.24) is 0 Å². The Morgan fingerprint density at radius 3 is 2.62 bits per heavy atom. The van der Waals surface area contributed by atoms with E-state index in [1.807, 2.05) is 6.92 Å². The van der Waals surface area contributed by atoms with Crippen LogP contribution >= 0.6 is 0 Å². The number of ether oxygens (including phenoxy) is 2. The highest BCUT2D eigenvalue weighted by atomic mass is 19.1. The average molecular weight is 295 g/mol. The standard InChI is InChI=1S/C17H26FNO2/c1-4-21-17(9-7-12(2)8-10-17)16(19)14-11-13(18)5-6-15(14)20-3/h5-6,11-12,16H,4,7-10,19H2,1-3H3. The Morgan fingerprint density at radius 2 is 2.05 bits per heavy atom. The summed E-state index contributed by atoms with van der Waals surface area (Å²) in [6.07, 6.45) is 3.99. The average Bonchev–Trinajstić information content (AvgIpc) is 2.49. The van der Waals surface area contributed by atoms with Gasteiger partial charge >= 0.3 is 0 Å². The van der Waals surface area contributed by atoms with Gasteiger partial charge in [-0.1, -0.05) is 6.92 Å². The number of halogens is 1. The van der Waals surface area contributed by atoms with E-state index in [2.05, 4.69) is 6.92 Å². The number of benzene rings is 1. The summed E-state index contributed by atoms with van der Waals surface area (Å²) < 4.78 is 25.1. The first-order valence-corrected chi connectivity index (χ1v) is 7.75. The molecule has 0 spiro atoms. The molecule has 3 nitrogen and oxygen atoms in total. The first-order chi connectivity index (χ1) is 10.0. The molecule has 2 rings (SSSR count). The highest BCUT2D eigenvalue weighted by Crippen LogP contribution is 2.44. The SMILES string of the molecule is CCOC1(C(N)c2cc(F)ccc2OC)CCC(C)CC1. The van der Waals surface area contributed by atoms with Crippen LogP contribution in [0.2, 0.25) is 0 Å². The van der Waals surface area contributed by atoms with Crippen LogP contribution in [0.4, 0.5) is 4.39 Å². The molecular formula is C17H26FNO2. The van der Waals surface area contributed by atoms with Gasteiger partial charge in [0.15, 0.2) is 0 Å². The number of hydrogen-bond donors (Lipinski definition) is 1. The predicted octanol–water partition coefficient (Wildman–Crippen LogP) is 3.82. The van der Waals surface area contributed by atoms with Gasteiger partial charge in [-0.3, -0.25) is 0 Å². The highest BCUT2D eigenvalue weighted by molar-refractivity contribution is 5.38. The molecule has 0 bridgehead atoms. The fourth-order valence-electron chi connectivity index (χ4n) is 3.32. The topological polar surface area (TPSA) is 44.5 Å². The van der Waals surface area contributed by atoms with Crippen molar-refractivity contribution in [3.63, 3.8) is 0 Å². The van der Waals surface area contributed by atoms with Crippen molar-refractivity contribution in [2.45, 2.75) is 51.2 Å². The van der Waals surface area contributed by atoms with Crippen molar-refractivity contribution < 1.29 is 13.9 Å². The lowest BCUT2D eigenvalue weighted by Crippen LogP contribution is -2.46. The van der Waals surface area contributed by atoms with Gasteiger partial charge in [0.05, 0.1) is 18.8 Å². The van der Waals surface area contributed by atoms with Crippen molar-refractivity contribution in [3.8, 4) is 5.75 Å². The van der Waals surface area contributed by atoms with Gasteiger partial charge in [0.25, 0.3) is 0 Å². The molecule has 118 valence electrons. The summed E-state index contributed by atoms with van der Waals surface area (Å²) in [7, 11) is 1.58. The Labute approximate surface area is 126 Å². The van der Waals surface area contributed by atoms with E-state index in [-0.39, 0.29) is 11.9 Å². The van der Waals surface area contributed by atoms with Crippen molar-refractivity contribution >= 4 is 0 Å². The Hall–Kier alpha value is -1.13. The molecule has 0 saturated heterocycles. The fourth-order valence-corrected chi connectivity index (χ4v) is 3.32. The van der Waals surface area contributed by atoms with Crippen molar-refractivity contribution in [1.29, 1.82) is 0 Å². The van der Waals surface area contributed by atoms with Gasteiger partial charge in [-0.2, -0.15) is 0 Å². The van der Waals surface area contributed by atoms with Crippen LogP contribution in [-0.4, -0.2) is 19.3 Å². The maximum Gasteiger partial charge on any atom is 0.123 e. The maximum atomic E-state index is 13.6. The zero-order valence-corrected chi connectivity index (χ0v) is 13.2. The van der Waals surface area contributed by atoms with Crippen LogP contribution in [0.25, 0.3) is 0 Å². The molecule has 0 aromatic heterocycles. The lowest BCUT2D eigenvalue weighted by Gasteiger charge is -2.43. The summed E-state index contributed by atoms with van der Waals surface area (Å²) in [4.78, 5) is 0. The molecule has 1 fully saturated rings. The molecule has 1 aromatic rings. The van der Waals surface area contributed by atoms with Crippen LogP contribution in [0.15, 0.2) is 18.2 Å². The Kier molecular flexibility index (Phi) is 5.22. The van der Waals surface area contributed by atoms with E-state index in [9.17, 15) is 4.39 Å². The largest absolute Gasteiger partial charge is 0.496 e. The third kappa shape index (κ3) is 3.38. The molecule has 1 unspecified atom stereocenters. The molecule has 0 amide bonds. The lowest BCUT2D eigenvalue weighted by atomic mass is 9.73. The minimum Gasteiger partial charge on any atom is -0.496 e. The van der Waals surface area contributed by atoms with E-state index in [0.29, 0.717) is 23.8 Å². The van der Waals surface area contributed by atoms with Crippen LogP contribution < -0.4 is 10.5 Å². The van der Waals surface area contributed by atoms with Gasteiger partial charge in [-0.05, 0) is 56.7 Å². The molecule has 21 heavy (non-hydrogen) atoms. The van der Waals surface area contributed by atoms with Crippen LogP contribution in [-0.2, 0) is 4.74 Å². The summed E-state index contributed by atoms with van der Waals surface area (Å²) in [5.74, 6) is 1.03. The van der Waals surface area contributed by atoms with Gasteiger partial charge in [-0.15, -0.1) is 0 Å². The molecule has 0 radical (unpaired) electrons. The summed E-state index contributed by atoms with van der Waals surface area (Å²) in [5, 5.41) is 0. The molecule has 0 aliphatic heterocycles. The van der Waals surface area contributed by atoms with E-state index in [4.69, 9.17) is 15.2 Å². The van der Waals surface area contributed by atoms with E-state index < -0.39 is 5.60 Å². The second kappa shape index (κ2) is 6.75. The molecule has 1 aliphatic rings. The molecule has 1 atom stereocenters. The van der Waals surface area contributed by atoms with E-state index in [0.717, 1.165) is 25.7 Å². The maximum absolute atomic E-state index is 13.6. The minimum absolute atomic E-state index is 0.294. The summed E-state index contributed by atoms with van der Waals surface area (Å²) in [6.45, 7) is 4.85. The Balaban J connectivity index is 2.34. The third-order valence-electron chi connectivity index (χ3n) is 4.65. The second-order valence-electron chi connectivity index (χ2n) is 6.04. The van der Waals surface area contributed by atoms with Gasteiger partial charge in [0.1, 0.15) is 11.6 Å². The molecule has 2 N–H and O–H groups in total. The van der Waals surface area contributed by atoms with Gasteiger partial charge in [-0.25, -0.2) is 4.39 Å². The summed E-state index contributed by atoms with van der Waals surface area (Å²) >= 11 is 0. The molecule has 1 saturated carbocycles. The normalized spacial score (nSPS) is 27.4. The van der Waals surface area contributed by atoms with Gasteiger partial charge in [0, 0.05) is 12.2 Å². The Bertz CT molecular complexity index is 470. The lowest BCUT2D eigenvalue weighted by molar-refractivity contribution is -0.0900. The fraction of sp³-hybridized carbons (Fsp3) is 0.647. The molecular weight excluding hydrogens is 269 g/mol. The predicted molar refractivity (Wildman–Crippen MR) is 81.9 cm³/mol. The van der Waals surface area contributed by atoms with Crippen LogP contribution in [0.1, 0.15) is 51.1 Å². The summed E-state index contributed by atoms with van der Waals surface area (Å²) in [5.41, 5.74) is 6.79. The van der Waals surface area contributed by atoms with Crippen LogP contribution in [0, 0.1) is 11.7 Å². The molecule has 1 aliphatic carbocycles. The van der Waals surface area contributed by atoms with Crippen molar-refractivity contribution in [2.75, 3.05) is 13.7 Å². The highest BCUT2D eigenvalue weighted by Gasteiger charge is 2.42. The second-order valence-corrected chi connectivity index (χ2v) is 6.04. The number of methoxy groups -OCH3 is 1. The van der Waals surface area contributed by atoms with Crippen molar-refractivity contribution in [2.24, 2.45) is 11.7 Å². The zero-order valence-electron chi connectivity index (χ0n) is 13.2. The first-order valence-electron chi connectivity index (χ1n) is 7.75. The van der Waals surface area contributed by atoms with Crippen LogP contribution in [0.5, 0.6) is 5.75 Å². The van der Waals surface area contributed by atoms with Gasteiger partial charge in [0.2, 0.25) is 0 Å². The number of hydrogen-bond acceptors (Lipinski definition) is 3. The minimum atomic E-state index is -0.414. The summed E-state index contributed by atoms with van der Waals surface area (Å²) in [6, 6.07) is 4.12. The molecule has 4 heteroatoms. The van der Waals surface area contributed by atoms with E-state index in [1.165, 1.54) is 12.1 Å². The van der Waals surface area contributed by atoms with Gasteiger partial charge < -0.3 is 15.2 Å². The third-order valence-corrected chi connectivity index (χ3v) is 4.65. The van der Waals surface area contributed by atoms with E-state index in [1.54, 1.807) is 13.2 Å². The Morgan fingerprint density at radius 1 is 1.38 bits per heavy atom. The van der Waals surface area contributed by atoms with Crippen molar-refractivity contribution in [3.05, 3.63) is 29.6 Å². The number of rotatable bonds is 5. The van der Waals surface area contributed by atoms with Crippen LogP contribution in [0.3, 0.4) is 0 Å². The zero-order chi connectivity index (χ0) is 15.5. The smallest absolute Gasteiger partial charge is 0.123 e.